The summed E-state index contributed by atoms with van der Waals surface area (Å²) in [5.74, 6) is -1.25. The lowest BCUT2D eigenvalue weighted by Crippen LogP contribution is -2.46. The summed E-state index contributed by atoms with van der Waals surface area (Å²) >= 11 is 0. The average Bonchev–Trinajstić information content (AvgIpc) is 2.62. The molecule has 136 valence electrons. The molecule has 0 heterocycles. The van der Waals surface area contributed by atoms with Crippen molar-refractivity contribution in [2.75, 3.05) is 7.11 Å². The normalized spacial score (nSPS) is 21.1. The van der Waals surface area contributed by atoms with Crippen LogP contribution in [-0.4, -0.2) is 37.1 Å². The summed E-state index contributed by atoms with van der Waals surface area (Å²) in [6.45, 7) is 3.65. The highest BCUT2D eigenvalue weighted by atomic mass is 16.5. The van der Waals surface area contributed by atoms with E-state index in [1.165, 1.54) is 32.6 Å². The summed E-state index contributed by atoms with van der Waals surface area (Å²) in [5.41, 5.74) is 0.198. The third-order valence-corrected chi connectivity index (χ3v) is 4.64. The van der Waals surface area contributed by atoms with Gasteiger partial charge in [0.05, 0.1) is 18.2 Å². The molecule has 0 spiro atoms. The van der Waals surface area contributed by atoms with E-state index in [2.05, 4.69) is 17.0 Å². The predicted octanol–water partition coefficient (Wildman–Crippen LogP) is 2.71. The highest BCUT2D eigenvalue weighted by Crippen LogP contribution is 2.24. The molecule has 1 saturated carbocycles. The minimum atomic E-state index is -0.938. The molecular formula is C19H25NO5. The van der Waals surface area contributed by atoms with E-state index >= 15 is 0 Å². The van der Waals surface area contributed by atoms with E-state index in [4.69, 9.17) is 4.74 Å². The number of nitrogens with one attached hydrogen (secondary N) is 1. The molecule has 0 aliphatic heterocycles. The van der Waals surface area contributed by atoms with Crippen LogP contribution in [-0.2, 0) is 14.3 Å². The van der Waals surface area contributed by atoms with Crippen LogP contribution in [0.2, 0.25) is 0 Å². The predicted molar refractivity (Wildman–Crippen MR) is 92.2 cm³/mol. The fraction of sp³-hybridized carbons (Fsp3) is 0.526. The van der Waals surface area contributed by atoms with E-state index in [9.17, 15) is 14.4 Å². The molecule has 1 aromatic rings. The second-order valence-corrected chi connectivity index (χ2v) is 6.46. The number of carbonyl (C=O) groups excluding carboxylic acids is 3. The maximum Gasteiger partial charge on any atom is 0.339 e. The zero-order valence-corrected chi connectivity index (χ0v) is 14.9. The molecule has 1 aromatic carbocycles. The van der Waals surface area contributed by atoms with Crippen LogP contribution in [0.25, 0.3) is 0 Å². The number of amides is 1. The summed E-state index contributed by atoms with van der Waals surface area (Å²) < 4.78 is 9.92. The van der Waals surface area contributed by atoms with Gasteiger partial charge in [0.15, 0.2) is 6.10 Å². The molecule has 1 fully saturated rings. The van der Waals surface area contributed by atoms with Crippen molar-refractivity contribution < 1.29 is 23.9 Å². The average molecular weight is 347 g/mol. The first-order valence-corrected chi connectivity index (χ1v) is 8.62. The minimum absolute atomic E-state index is 0.0834. The molecule has 1 aliphatic rings. The van der Waals surface area contributed by atoms with Gasteiger partial charge in [-0.1, -0.05) is 31.9 Å². The molecule has 6 nitrogen and oxygen atoms in total. The molecule has 1 amide bonds. The summed E-state index contributed by atoms with van der Waals surface area (Å²) in [7, 11) is 1.24. The van der Waals surface area contributed by atoms with Crippen molar-refractivity contribution in [2.24, 2.45) is 5.92 Å². The zero-order chi connectivity index (χ0) is 18.4. The molecule has 25 heavy (non-hydrogen) atoms. The van der Waals surface area contributed by atoms with Gasteiger partial charge in [0.1, 0.15) is 0 Å². The van der Waals surface area contributed by atoms with Crippen LogP contribution >= 0.6 is 0 Å². The van der Waals surface area contributed by atoms with Gasteiger partial charge in [-0.3, -0.25) is 4.79 Å². The number of carbonyl (C=O) groups is 3. The molecular weight excluding hydrogens is 322 g/mol. The number of hydrogen-bond acceptors (Lipinski definition) is 5. The number of benzene rings is 1. The molecule has 0 radical (unpaired) electrons. The van der Waals surface area contributed by atoms with Crippen molar-refractivity contribution in [2.45, 2.75) is 51.7 Å². The standard InChI is InChI=1S/C19H25NO5/c1-12-8-4-7-11-16(12)20-17(21)13(2)25-19(23)15-10-6-5-9-14(15)18(22)24-3/h5-6,9-10,12-13,16H,4,7-8,11H2,1-3H3,(H,20,21). The Balaban J connectivity index is 2.00. The van der Waals surface area contributed by atoms with Crippen molar-refractivity contribution in [1.82, 2.24) is 5.32 Å². The van der Waals surface area contributed by atoms with Crippen LogP contribution in [0.4, 0.5) is 0 Å². The van der Waals surface area contributed by atoms with Crippen LogP contribution in [0.15, 0.2) is 24.3 Å². The molecule has 6 heteroatoms. The Labute approximate surface area is 147 Å². The summed E-state index contributed by atoms with van der Waals surface area (Å²) in [4.78, 5) is 36.4. The van der Waals surface area contributed by atoms with Crippen molar-refractivity contribution >= 4 is 17.8 Å². The van der Waals surface area contributed by atoms with E-state index in [0.717, 1.165) is 19.3 Å². The monoisotopic (exact) mass is 347 g/mol. The van der Waals surface area contributed by atoms with Crippen LogP contribution < -0.4 is 5.32 Å². The number of methoxy groups -OCH3 is 1. The van der Waals surface area contributed by atoms with Gasteiger partial charge in [0.25, 0.3) is 5.91 Å². The molecule has 2 rings (SSSR count). The lowest BCUT2D eigenvalue weighted by molar-refractivity contribution is -0.130. The van der Waals surface area contributed by atoms with Gasteiger partial charge in [0, 0.05) is 6.04 Å². The molecule has 1 N–H and O–H groups in total. The van der Waals surface area contributed by atoms with Gasteiger partial charge in [0.2, 0.25) is 0 Å². The van der Waals surface area contributed by atoms with E-state index in [1.54, 1.807) is 12.1 Å². The first-order valence-electron chi connectivity index (χ1n) is 8.62. The molecule has 1 aliphatic carbocycles. The minimum Gasteiger partial charge on any atom is -0.465 e. The van der Waals surface area contributed by atoms with E-state index in [-0.39, 0.29) is 23.1 Å². The van der Waals surface area contributed by atoms with Crippen molar-refractivity contribution in [3.05, 3.63) is 35.4 Å². The fourth-order valence-electron chi connectivity index (χ4n) is 3.06. The SMILES string of the molecule is COC(=O)c1ccccc1C(=O)OC(C)C(=O)NC1CCCCC1C. The fourth-order valence-corrected chi connectivity index (χ4v) is 3.06. The Kier molecular flexibility index (Phi) is 6.56. The zero-order valence-electron chi connectivity index (χ0n) is 14.9. The summed E-state index contributed by atoms with van der Waals surface area (Å²) in [5, 5.41) is 2.97. The van der Waals surface area contributed by atoms with Gasteiger partial charge < -0.3 is 14.8 Å². The van der Waals surface area contributed by atoms with Gasteiger partial charge in [-0.2, -0.15) is 0 Å². The Bertz CT molecular complexity index is 642. The van der Waals surface area contributed by atoms with Crippen LogP contribution in [0.5, 0.6) is 0 Å². The van der Waals surface area contributed by atoms with Gasteiger partial charge in [-0.15, -0.1) is 0 Å². The van der Waals surface area contributed by atoms with Crippen molar-refractivity contribution in [3.8, 4) is 0 Å². The number of hydrogen-bond donors (Lipinski definition) is 1. The third-order valence-electron chi connectivity index (χ3n) is 4.64. The lowest BCUT2D eigenvalue weighted by Gasteiger charge is -2.30. The molecule has 3 atom stereocenters. The molecule has 0 bridgehead atoms. The molecule has 0 saturated heterocycles. The van der Waals surface area contributed by atoms with Crippen molar-refractivity contribution in [1.29, 1.82) is 0 Å². The van der Waals surface area contributed by atoms with Crippen LogP contribution in [0.3, 0.4) is 0 Å². The Morgan fingerprint density at radius 2 is 1.68 bits per heavy atom. The Morgan fingerprint density at radius 3 is 2.28 bits per heavy atom. The maximum atomic E-state index is 12.3. The van der Waals surface area contributed by atoms with Gasteiger partial charge in [-0.05, 0) is 37.8 Å². The van der Waals surface area contributed by atoms with E-state index in [0.29, 0.717) is 5.92 Å². The van der Waals surface area contributed by atoms with Crippen LogP contribution in [0.1, 0.15) is 60.2 Å². The van der Waals surface area contributed by atoms with Gasteiger partial charge in [-0.25, -0.2) is 9.59 Å². The highest BCUT2D eigenvalue weighted by Gasteiger charge is 2.27. The van der Waals surface area contributed by atoms with Crippen LogP contribution in [0, 0.1) is 5.92 Å². The molecule has 3 unspecified atom stereocenters. The first kappa shape index (κ1) is 19.0. The molecule has 0 aromatic heterocycles. The van der Waals surface area contributed by atoms with E-state index in [1.807, 2.05) is 0 Å². The Morgan fingerprint density at radius 1 is 1.08 bits per heavy atom. The summed E-state index contributed by atoms with van der Waals surface area (Å²) in [6.07, 6.45) is 3.37. The van der Waals surface area contributed by atoms with E-state index < -0.39 is 18.0 Å². The van der Waals surface area contributed by atoms with Crippen molar-refractivity contribution in [3.63, 3.8) is 0 Å². The summed E-state index contributed by atoms with van der Waals surface area (Å²) in [6, 6.07) is 6.32. The highest BCUT2D eigenvalue weighted by molar-refractivity contribution is 6.03. The third kappa shape index (κ3) is 4.81. The number of rotatable bonds is 5. The smallest absolute Gasteiger partial charge is 0.339 e. The largest absolute Gasteiger partial charge is 0.465 e. The lowest BCUT2D eigenvalue weighted by atomic mass is 9.86. The maximum absolute atomic E-state index is 12.3. The Hall–Kier alpha value is -2.37. The topological polar surface area (TPSA) is 81.7 Å². The second-order valence-electron chi connectivity index (χ2n) is 6.46. The second kappa shape index (κ2) is 8.65. The first-order chi connectivity index (χ1) is 11.9. The number of ether oxygens (including phenoxy) is 2. The quantitative estimate of drug-likeness (QED) is 0.828. The van der Waals surface area contributed by atoms with Gasteiger partial charge >= 0.3 is 11.9 Å². The number of esters is 2.